The molecule has 5 nitrogen and oxygen atoms in total. The van der Waals surface area contributed by atoms with Crippen LogP contribution in [0.3, 0.4) is 0 Å². The Labute approximate surface area is 102 Å². The zero-order chi connectivity index (χ0) is 12.3. The van der Waals surface area contributed by atoms with Gasteiger partial charge in [0.25, 0.3) is 0 Å². The maximum absolute atomic E-state index is 10.6. The number of aryl methyl sites for hydroxylation is 1. The van der Waals surface area contributed by atoms with E-state index in [0.29, 0.717) is 19.8 Å². The number of aliphatic hydroxyl groups is 1. The minimum Gasteiger partial charge on any atom is -0.386 e. The molecule has 1 aromatic rings. The molecule has 0 unspecified atom stereocenters. The summed E-state index contributed by atoms with van der Waals surface area (Å²) < 4.78 is 7.19. The maximum atomic E-state index is 10.6. The van der Waals surface area contributed by atoms with Crippen molar-refractivity contribution in [3.63, 3.8) is 0 Å². The lowest BCUT2D eigenvalue weighted by Gasteiger charge is -2.40. The zero-order valence-corrected chi connectivity index (χ0v) is 10.3. The second-order valence-electron chi connectivity index (χ2n) is 4.65. The van der Waals surface area contributed by atoms with Crippen LogP contribution in [-0.2, 0) is 11.3 Å². The van der Waals surface area contributed by atoms with Crippen LogP contribution < -0.4 is 5.73 Å². The van der Waals surface area contributed by atoms with Crippen molar-refractivity contribution in [1.82, 2.24) is 9.78 Å². The van der Waals surface area contributed by atoms with Gasteiger partial charge in [0, 0.05) is 37.9 Å². The molecule has 3 N–H and O–H groups in total. The molecule has 0 bridgehead atoms. The van der Waals surface area contributed by atoms with E-state index in [0.717, 1.165) is 25.1 Å². The van der Waals surface area contributed by atoms with Gasteiger partial charge in [-0.25, -0.2) is 0 Å². The van der Waals surface area contributed by atoms with Gasteiger partial charge in [0.05, 0.1) is 5.69 Å². The molecular formula is C12H21N3O2. The largest absolute Gasteiger partial charge is 0.386 e. The lowest BCUT2D eigenvalue weighted by molar-refractivity contribution is -0.0613. The number of nitrogens with zero attached hydrogens (tertiary/aromatic N) is 2. The van der Waals surface area contributed by atoms with E-state index in [2.05, 4.69) is 5.10 Å². The third-order valence-electron chi connectivity index (χ3n) is 3.80. The van der Waals surface area contributed by atoms with E-state index in [4.69, 9.17) is 10.5 Å². The summed E-state index contributed by atoms with van der Waals surface area (Å²) in [4.78, 5) is 0. The summed E-state index contributed by atoms with van der Waals surface area (Å²) in [6.07, 6.45) is 2.78. The van der Waals surface area contributed by atoms with E-state index in [1.54, 1.807) is 6.20 Å². The van der Waals surface area contributed by atoms with E-state index in [-0.39, 0.29) is 5.41 Å². The van der Waals surface area contributed by atoms with Crippen LogP contribution in [0.15, 0.2) is 12.3 Å². The Morgan fingerprint density at radius 2 is 2.29 bits per heavy atom. The number of nitrogens with two attached hydrogens (primary N) is 1. The molecule has 0 aliphatic carbocycles. The van der Waals surface area contributed by atoms with Crippen LogP contribution in [0.25, 0.3) is 0 Å². The Kier molecular flexibility index (Phi) is 3.81. The topological polar surface area (TPSA) is 73.3 Å². The molecule has 1 aliphatic rings. The molecule has 1 saturated heterocycles. The third kappa shape index (κ3) is 2.22. The second kappa shape index (κ2) is 5.16. The Morgan fingerprint density at radius 1 is 1.59 bits per heavy atom. The highest BCUT2D eigenvalue weighted by atomic mass is 16.5. The summed E-state index contributed by atoms with van der Waals surface area (Å²) in [7, 11) is 0. The van der Waals surface area contributed by atoms with E-state index < -0.39 is 6.10 Å². The standard InChI is InChI=1S/C12H21N3O2/c1-2-15-10(3-6-14-15)11(16)12(9-13)4-7-17-8-5-12/h3,6,11,16H,2,4-5,7-9,13H2,1H3/t11-/m0/s1. The second-order valence-corrected chi connectivity index (χ2v) is 4.65. The van der Waals surface area contributed by atoms with Crippen LogP contribution in [0.5, 0.6) is 0 Å². The van der Waals surface area contributed by atoms with Gasteiger partial charge >= 0.3 is 0 Å². The van der Waals surface area contributed by atoms with Gasteiger partial charge < -0.3 is 15.6 Å². The zero-order valence-electron chi connectivity index (χ0n) is 10.3. The molecule has 1 aliphatic heterocycles. The Morgan fingerprint density at radius 3 is 2.88 bits per heavy atom. The predicted molar refractivity (Wildman–Crippen MR) is 64.4 cm³/mol. The molecule has 96 valence electrons. The first-order valence-electron chi connectivity index (χ1n) is 6.21. The van der Waals surface area contributed by atoms with Crippen LogP contribution in [0.2, 0.25) is 0 Å². The van der Waals surface area contributed by atoms with Gasteiger partial charge in [0.1, 0.15) is 6.10 Å². The Bertz CT molecular complexity index is 358. The van der Waals surface area contributed by atoms with Crippen LogP contribution in [0, 0.1) is 5.41 Å². The van der Waals surface area contributed by atoms with Gasteiger partial charge in [-0.15, -0.1) is 0 Å². The lowest BCUT2D eigenvalue weighted by atomic mass is 9.74. The highest BCUT2D eigenvalue weighted by Crippen LogP contribution is 2.41. The molecule has 2 rings (SSSR count). The quantitative estimate of drug-likeness (QED) is 0.811. The van der Waals surface area contributed by atoms with Gasteiger partial charge in [-0.3, -0.25) is 4.68 Å². The van der Waals surface area contributed by atoms with Gasteiger partial charge in [-0.2, -0.15) is 5.10 Å². The molecule has 0 saturated carbocycles. The van der Waals surface area contributed by atoms with Gasteiger partial charge in [-0.1, -0.05) is 0 Å². The summed E-state index contributed by atoms with van der Waals surface area (Å²) in [6, 6.07) is 1.88. The number of rotatable bonds is 4. The minimum atomic E-state index is -0.557. The number of aliphatic hydroxyl groups excluding tert-OH is 1. The fourth-order valence-corrected chi connectivity index (χ4v) is 2.52. The summed E-state index contributed by atoms with van der Waals surface area (Å²) in [6.45, 7) is 4.61. The first kappa shape index (κ1) is 12.5. The molecule has 5 heteroatoms. The van der Waals surface area contributed by atoms with Crippen molar-refractivity contribution in [2.24, 2.45) is 11.1 Å². The summed E-state index contributed by atoms with van der Waals surface area (Å²) in [5, 5.41) is 14.8. The Hall–Kier alpha value is -0.910. The normalized spacial score (nSPS) is 21.4. The molecule has 1 fully saturated rings. The lowest BCUT2D eigenvalue weighted by Crippen LogP contribution is -2.42. The van der Waals surface area contributed by atoms with Gasteiger partial charge in [0.2, 0.25) is 0 Å². The minimum absolute atomic E-state index is 0.259. The summed E-state index contributed by atoms with van der Waals surface area (Å²) >= 11 is 0. The van der Waals surface area contributed by atoms with E-state index >= 15 is 0 Å². The maximum Gasteiger partial charge on any atom is 0.103 e. The first-order valence-corrected chi connectivity index (χ1v) is 6.21. The summed E-state index contributed by atoms with van der Waals surface area (Å²) in [5.41, 5.74) is 6.49. The number of ether oxygens (including phenoxy) is 1. The highest BCUT2D eigenvalue weighted by molar-refractivity contribution is 5.10. The average molecular weight is 239 g/mol. The molecular weight excluding hydrogens is 218 g/mol. The SMILES string of the molecule is CCn1nccc1[C@H](O)C1(CN)CCOCC1. The number of aromatic nitrogens is 2. The van der Waals surface area contributed by atoms with Crippen molar-refractivity contribution < 1.29 is 9.84 Å². The van der Waals surface area contributed by atoms with Gasteiger partial charge in [0.15, 0.2) is 0 Å². The molecule has 17 heavy (non-hydrogen) atoms. The van der Waals surface area contributed by atoms with Crippen LogP contribution >= 0.6 is 0 Å². The fourth-order valence-electron chi connectivity index (χ4n) is 2.52. The van der Waals surface area contributed by atoms with Crippen LogP contribution in [0.1, 0.15) is 31.6 Å². The molecule has 0 amide bonds. The fraction of sp³-hybridized carbons (Fsp3) is 0.750. The molecule has 0 aromatic carbocycles. The van der Waals surface area contributed by atoms with E-state index in [1.807, 2.05) is 17.7 Å². The monoisotopic (exact) mass is 239 g/mol. The van der Waals surface area contributed by atoms with Crippen molar-refractivity contribution in [2.45, 2.75) is 32.4 Å². The van der Waals surface area contributed by atoms with E-state index in [9.17, 15) is 5.11 Å². The molecule has 1 aromatic heterocycles. The molecule has 0 radical (unpaired) electrons. The van der Waals surface area contributed by atoms with Crippen LogP contribution in [-0.4, -0.2) is 34.6 Å². The average Bonchev–Trinajstić information content (AvgIpc) is 2.86. The van der Waals surface area contributed by atoms with Crippen molar-refractivity contribution in [2.75, 3.05) is 19.8 Å². The first-order chi connectivity index (χ1) is 8.23. The highest BCUT2D eigenvalue weighted by Gasteiger charge is 2.40. The Balaban J connectivity index is 2.24. The third-order valence-corrected chi connectivity index (χ3v) is 3.80. The van der Waals surface area contributed by atoms with Crippen LogP contribution in [0.4, 0.5) is 0 Å². The molecule has 1 atom stereocenters. The molecule has 0 spiro atoms. The molecule has 2 heterocycles. The van der Waals surface area contributed by atoms with E-state index in [1.165, 1.54) is 0 Å². The smallest absolute Gasteiger partial charge is 0.103 e. The predicted octanol–water partition coefficient (Wildman–Crippen LogP) is 0.692. The van der Waals surface area contributed by atoms with Gasteiger partial charge in [-0.05, 0) is 25.8 Å². The van der Waals surface area contributed by atoms with Crippen molar-refractivity contribution in [3.05, 3.63) is 18.0 Å². The number of hydrogen-bond acceptors (Lipinski definition) is 4. The van der Waals surface area contributed by atoms with Crippen molar-refractivity contribution in [3.8, 4) is 0 Å². The van der Waals surface area contributed by atoms with Crippen molar-refractivity contribution in [1.29, 1.82) is 0 Å². The summed E-state index contributed by atoms with van der Waals surface area (Å²) in [5.74, 6) is 0. The van der Waals surface area contributed by atoms with Crippen molar-refractivity contribution >= 4 is 0 Å². The number of hydrogen-bond donors (Lipinski definition) is 2.